The van der Waals surface area contributed by atoms with Gasteiger partial charge in [0.1, 0.15) is 24.7 Å². The van der Waals surface area contributed by atoms with Crippen LogP contribution in [0.5, 0.6) is 11.5 Å². The molecule has 0 aliphatic heterocycles. The van der Waals surface area contributed by atoms with Gasteiger partial charge in [-0.25, -0.2) is 0 Å². The van der Waals surface area contributed by atoms with E-state index in [9.17, 15) is 0 Å². The highest BCUT2D eigenvalue weighted by atomic mass is 16.5. The molecule has 1 heterocycles. The van der Waals surface area contributed by atoms with E-state index in [4.69, 9.17) is 9.47 Å². The second-order valence-corrected chi connectivity index (χ2v) is 9.88. The van der Waals surface area contributed by atoms with E-state index in [1.807, 2.05) is 133 Å². The molecule has 8 heteroatoms. The number of benzene rings is 5. The third kappa shape index (κ3) is 7.63. The summed E-state index contributed by atoms with van der Waals surface area (Å²) in [6, 6.07) is 43.5. The number of hydrogen-bond donors (Lipinski definition) is 2. The van der Waals surface area contributed by atoms with Crippen LogP contribution in [0.3, 0.4) is 0 Å². The van der Waals surface area contributed by atoms with Crippen LogP contribution in [-0.2, 0) is 13.2 Å². The van der Waals surface area contributed by atoms with Crippen LogP contribution in [0.2, 0.25) is 0 Å². The Kier molecular flexibility index (Phi) is 9.10. The molecule has 8 nitrogen and oxygen atoms in total. The molecule has 6 aromatic rings. The maximum absolute atomic E-state index is 5.93. The predicted molar refractivity (Wildman–Crippen MR) is 176 cm³/mol. The molecule has 0 saturated heterocycles. The monoisotopic (exact) mass is 578 g/mol. The van der Waals surface area contributed by atoms with Crippen LogP contribution < -0.4 is 20.3 Å². The van der Waals surface area contributed by atoms with Crippen LogP contribution in [0.15, 0.2) is 144 Å². The highest BCUT2D eigenvalue weighted by molar-refractivity contribution is 5.98. The highest BCUT2D eigenvalue weighted by Gasteiger charge is 2.08. The smallest absolute Gasteiger partial charge is 0.176 e. The minimum Gasteiger partial charge on any atom is -0.489 e. The predicted octanol–water partition coefficient (Wildman–Crippen LogP) is 7.68. The summed E-state index contributed by atoms with van der Waals surface area (Å²) >= 11 is 0. The van der Waals surface area contributed by atoms with Gasteiger partial charge in [0, 0.05) is 10.8 Å². The van der Waals surface area contributed by atoms with Gasteiger partial charge in [-0.1, -0.05) is 109 Å². The van der Waals surface area contributed by atoms with Crippen molar-refractivity contribution < 1.29 is 9.47 Å². The maximum atomic E-state index is 5.93. The summed E-state index contributed by atoms with van der Waals surface area (Å²) in [4.78, 5) is 0. The number of aromatic nitrogens is 2. The molecule has 0 aliphatic carbocycles. The van der Waals surface area contributed by atoms with Gasteiger partial charge >= 0.3 is 0 Å². The molecule has 0 atom stereocenters. The lowest BCUT2D eigenvalue weighted by Crippen LogP contribution is -2.02. The summed E-state index contributed by atoms with van der Waals surface area (Å²) in [5.41, 5.74) is 10.1. The van der Waals surface area contributed by atoms with Gasteiger partial charge in [-0.05, 0) is 46.5 Å². The third-order valence-corrected chi connectivity index (χ3v) is 6.67. The molecule has 6 rings (SSSR count). The van der Waals surface area contributed by atoms with Crippen LogP contribution in [0.4, 0.5) is 11.6 Å². The molecule has 44 heavy (non-hydrogen) atoms. The van der Waals surface area contributed by atoms with E-state index in [0.29, 0.717) is 24.8 Å². The summed E-state index contributed by atoms with van der Waals surface area (Å²) in [6.07, 6.45) is 3.44. The zero-order valence-corrected chi connectivity index (χ0v) is 23.9. The number of nitrogens with one attached hydrogen (secondary N) is 2. The summed E-state index contributed by atoms with van der Waals surface area (Å²) in [5.74, 6) is 2.60. The largest absolute Gasteiger partial charge is 0.489 e. The van der Waals surface area contributed by atoms with Crippen LogP contribution in [0.25, 0.3) is 10.8 Å². The van der Waals surface area contributed by atoms with Crippen molar-refractivity contribution >= 4 is 34.8 Å². The van der Waals surface area contributed by atoms with Crippen molar-refractivity contribution in [2.45, 2.75) is 13.2 Å². The Labute approximate surface area is 255 Å². The molecule has 0 amide bonds. The van der Waals surface area contributed by atoms with Gasteiger partial charge < -0.3 is 9.47 Å². The molecule has 0 radical (unpaired) electrons. The van der Waals surface area contributed by atoms with Crippen molar-refractivity contribution in [3.8, 4) is 11.5 Å². The zero-order valence-electron chi connectivity index (χ0n) is 23.9. The number of rotatable bonds is 12. The van der Waals surface area contributed by atoms with Crippen molar-refractivity contribution in [1.82, 2.24) is 10.2 Å². The van der Waals surface area contributed by atoms with Gasteiger partial charge in [0.15, 0.2) is 11.6 Å². The summed E-state index contributed by atoms with van der Waals surface area (Å²) < 4.78 is 11.9. The lowest BCUT2D eigenvalue weighted by Gasteiger charge is -2.08. The van der Waals surface area contributed by atoms with Crippen molar-refractivity contribution in [3.05, 3.63) is 156 Å². The Hall–Kier alpha value is -6.02. The van der Waals surface area contributed by atoms with Crippen LogP contribution in [0, 0.1) is 0 Å². The first-order chi connectivity index (χ1) is 21.8. The van der Waals surface area contributed by atoms with E-state index in [-0.39, 0.29) is 0 Å². The molecule has 216 valence electrons. The van der Waals surface area contributed by atoms with Crippen LogP contribution >= 0.6 is 0 Å². The first-order valence-corrected chi connectivity index (χ1v) is 14.2. The minimum atomic E-state index is 0.501. The van der Waals surface area contributed by atoms with Crippen molar-refractivity contribution in [2.75, 3.05) is 10.9 Å². The average molecular weight is 579 g/mol. The second kappa shape index (κ2) is 14.2. The summed E-state index contributed by atoms with van der Waals surface area (Å²) in [6.45, 7) is 1.00. The molecule has 0 unspecified atom stereocenters. The van der Waals surface area contributed by atoms with Crippen molar-refractivity contribution in [2.24, 2.45) is 10.2 Å². The van der Waals surface area contributed by atoms with Crippen molar-refractivity contribution in [3.63, 3.8) is 0 Å². The standard InChI is InChI=1S/C36H30N6O2/c1-3-11-27(12-4-1)25-43-31-17-9-15-29(21-31)23-37-39-35-33-19-7-8-20-34(33)36(42-41-35)40-38-24-30-16-10-18-32(22-30)44-26-28-13-5-2-6-14-28/h1-24H,25-26H2,(H,39,41)(H,40,42)/b37-23-,38-24-. The molecule has 1 aromatic heterocycles. The number of fused-ring (bicyclic) bond motifs is 1. The molecular weight excluding hydrogens is 548 g/mol. The molecule has 2 N–H and O–H groups in total. The Morgan fingerprint density at radius 2 is 0.932 bits per heavy atom. The first kappa shape index (κ1) is 28.1. The number of hydrazone groups is 2. The molecular formula is C36H30N6O2. The van der Waals surface area contributed by atoms with Gasteiger partial charge in [0.05, 0.1) is 12.4 Å². The summed E-state index contributed by atoms with van der Waals surface area (Å²) in [5, 5.41) is 19.2. The fourth-order valence-electron chi connectivity index (χ4n) is 4.46. The number of hydrogen-bond acceptors (Lipinski definition) is 8. The highest BCUT2D eigenvalue weighted by Crippen LogP contribution is 2.26. The Morgan fingerprint density at radius 3 is 1.39 bits per heavy atom. The van der Waals surface area contributed by atoms with Gasteiger partial charge in [-0.15, -0.1) is 10.2 Å². The molecule has 0 aliphatic rings. The van der Waals surface area contributed by atoms with Gasteiger partial charge in [0.2, 0.25) is 0 Å². The number of ether oxygens (including phenoxy) is 2. The molecule has 0 bridgehead atoms. The van der Waals surface area contributed by atoms with E-state index in [1.165, 1.54) is 0 Å². The first-order valence-electron chi connectivity index (χ1n) is 14.2. The normalized spacial score (nSPS) is 11.2. The van der Waals surface area contributed by atoms with E-state index in [0.717, 1.165) is 44.5 Å². The lowest BCUT2D eigenvalue weighted by molar-refractivity contribution is 0.306. The fourth-order valence-corrected chi connectivity index (χ4v) is 4.46. The van der Waals surface area contributed by atoms with Crippen LogP contribution in [-0.4, -0.2) is 22.6 Å². The van der Waals surface area contributed by atoms with Crippen LogP contribution in [0.1, 0.15) is 22.3 Å². The SMILES string of the molecule is C(=N/Nc1nnc(N/N=C\c2cccc(OCc3ccccc3)c2)c2ccccc12)/c1cccc(OCc2ccccc2)c1. The van der Waals surface area contributed by atoms with E-state index < -0.39 is 0 Å². The van der Waals surface area contributed by atoms with E-state index in [1.54, 1.807) is 12.4 Å². The Balaban J connectivity index is 1.08. The Bertz CT molecular complexity index is 1740. The molecule has 0 spiro atoms. The molecule has 0 saturated carbocycles. The zero-order chi connectivity index (χ0) is 29.8. The fraction of sp³-hybridized carbons (Fsp3) is 0.0556. The topological polar surface area (TPSA) is 93.0 Å². The van der Waals surface area contributed by atoms with Gasteiger partial charge in [0.25, 0.3) is 0 Å². The van der Waals surface area contributed by atoms with Gasteiger partial charge in [-0.3, -0.25) is 10.9 Å². The van der Waals surface area contributed by atoms with Gasteiger partial charge in [-0.2, -0.15) is 10.2 Å². The number of anilines is 2. The molecule has 5 aromatic carbocycles. The van der Waals surface area contributed by atoms with E-state index in [2.05, 4.69) is 31.3 Å². The lowest BCUT2D eigenvalue weighted by atomic mass is 10.2. The minimum absolute atomic E-state index is 0.501. The second-order valence-electron chi connectivity index (χ2n) is 9.88. The summed E-state index contributed by atoms with van der Waals surface area (Å²) in [7, 11) is 0. The van der Waals surface area contributed by atoms with E-state index >= 15 is 0 Å². The average Bonchev–Trinajstić information content (AvgIpc) is 3.08. The third-order valence-electron chi connectivity index (χ3n) is 6.67. The Morgan fingerprint density at radius 1 is 0.500 bits per heavy atom. The number of nitrogens with zero attached hydrogens (tertiary/aromatic N) is 4. The maximum Gasteiger partial charge on any atom is 0.176 e. The van der Waals surface area contributed by atoms with Crippen molar-refractivity contribution in [1.29, 1.82) is 0 Å². The molecule has 0 fully saturated rings. The quantitative estimate of drug-likeness (QED) is 0.114.